The van der Waals surface area contributed by atoms with E-state index in [0.717, 1.165) is 28.5 Å². The first kappa shape index (κ1) is 13.1. The molecule has 3 nitrogen and oxygen atoms in total. The molecule has 1 heterocycles. The molecule has 0 spiro atoms. The van der Waals surface area contributed by atoms with Crippen LogP contribution in [0.2, 0.25) is 5.02 Å². The summed E-state index contributed by atoms with van der Waals surface area (Å²) >= 11 is 6.11. The molecule has 18 heavy (non-hydrogen) atoms. The highest BCUT2D eigenvalue weighted by Gasteiger charge is 2.14. The summed E-state index contributed by atoms with van der Waals surface area (Å²) in [5, 5.41) is 4.01. The van der Waals surface area contributed by atoms with E-state index in [2.05, 4.69) is 17.2 Å². The number of nitrogens with one attached hydrogen (secondary N) is 1. The monoisotopic (exact) mass is 264 g/mol. The van der Waals surface area contributed by atoms with Crippen molar-refractivity contribution < 1.29 is 4.42 Å². The van der Waals surface area contributed by atoms with Crippen LogP contribution in [0.3, 0.4) is 0 Å². The third kappa shape index (κ3) is 2.57. The predicted molar refractivity (Wildman–Crippen MR) is 73.8 cm³/mol. The van der Waals surface area contributed by atoms with Crippen molar-refractivity contribution >= 4 is 11.6 Å². The normalized spacial score (nSPS) is 12.7. The zero-order valence-electron chi connectivity index (χ0n) is 10.8. The Labute approximate surface area is 112 Å². The standard InChI is InChI=1S/C14H17ClN2O/c1-4-16-10(3)14-17-8-13(18-14)11-6-5-7-12(15)9(11)2/h5-8,10,16H,4H2,1-3H3. The molecule has 1 unspecified atom stereocenters. The van der Waals surface area contributed by atoms with Crippen LogP contribution >= 0.6 is 11.6 Å². The lowest BCUT2D eigenvalue weighted by molar-refractivity contribution is 0.429. The molecule has 0 radical (unpaired) electrons. The van der Waals surface area contributed by atoms with Gasteiger partial charge < -0.3 is 9.73 Å². The molecule has 1 aromatic carbocycles. The maximum absolute atomic E-state index is 6.11. The average molecular weight is 265 g/mol. The van der Waals surface area contributed by atoms with Crippen molar-refractivity contribution in [3.05, 3.63) is 40.9 Å². The quantitative estimate of drug-likeness (QED) is 0.908. The van der Waals surface area contributed by atoms with Crippen molar-refractivity contribution in [1.29, 1.82) is 0 Å². The van der Waals surface area contributed by atoms with Crippen LogP contribution < -0.4 is 5.32 Å². The molecule has 2 rings (SSSR count). The number of rotatable bonds is 4. The van der Waals surface area contributed by atoms with Gasteiger partial charge in [0, 0.05) is 10.6 Å². The minimum absolute atomic E-state index is 0.114. The van der Waals surface area contributed by atoms with Crippen molar-refractivity contribution in [1.82, 2.24) is 10.3 Å². The Balaban J connectivity index is 2.32. The lowest BCUT2D eigenvalue weighted by atomic mass is 10.1. The van der Waals surface area contributed by atoms with Crippen LogP contribution in [0, 0.1) is 6.92 Å². The first-order chi connectivity index (χ1) is 8.63. The Bertz CT molecular complexity index is 536. The molecule has 96 valence electrons. The van der Waals surface area contributed by atoms with Crippen molar-refractivity contribution in [3.63, 3.8) is 0 Å². The SMILES string of the molecule is CCNC(C)c1ncc(-c2cccc(Cl)c2C)o1. The van der Waals surface area contributed by atoms with Gasteiger partial charge in [-0.15, -0.1) is 0 Å². The number of aromatic nitrogens is 1. The molecular weight excluding hydrogens is 248 g/mol. The molecule has 1 atom stereocenters. The number of hydrogen-bond acceptors (Lipinski definition) is 3. The van der Waals surface area contributed by atoms with Crippen LogP contribution in [-0.2, 0) is 0 Å². The molecule has 2 aromatic rings. The van der Waals surface area contributed by atoms with Crippen molar-refractivity contribution in [2.45, 2.75) is 26.8 Å². The summed E-state index contributed by atoms with van der Waals surface area (Å²) in [6.45, 7) is 6.95. The smallest absolute Gasteiger partial charge is 0.211 e. The van der Waals surface area contributed by atoms with Gasteiger partial charge in [0.05, 0.1) is 12.2 Å². The van der Waals surface area contributed by atoms with Gasteiger partial charge in [0.25, 0.3) is 0 Å². The van der Waals surface area contributed by atoms with E-state index in [0.29, 0.717) is 5.89 Å². The van der Waals surface area contributed by atoms with E-state index in [-0.39, 0.29) is 6.04 Å². The van der Waals surface area contributed by atoms with Crippen molar-refractivity contribution in [3.8, 4) is 11.3 Å². The Morgan fingerprint density at radius 1 is 1.44 bits per heavy atom. The van der Waals surface area contributed by atoms with Gasteiger partial charge in [0.2, 0.25) is 5.89 Å². The molecule has 4 heteroatoms. The third-order valence-electron chi connectivity index (χ3n) is 2.94. The van der Waals surface area contributed by atoms with Gasteiger partial charge in [-0.1, -0.05) is 30.7 Å². The zero-order chi connectivity index (χ0) is 13.1. The van der Waals surface area contributed by atoms with E-state index >= 15 is 0 Å². The number of nitrogens with zero attached hydrogens (tertiary/aromatic N) is 1. The molecule has 1 aromatic heterocycles. The summed E-state index contributed by atoms with van der Waals surface area (Å²) in [6.07, 6.45) is 1.75. The Morgan fingerprint density at radius 3 is 2.94 bits per heavy atom. The minimum atomic E-state index is 0.114. The first-order valence-electron chi connectivity index (χ1n) is 6.08. The average Bonchev–Trinajstić information content (AvgIpc) is 2.82. The Hall–Kier alpha value is -1.32. The molecule has 0 fully saturated rings. The van der Waals surface area contributed by atoms with E-state index < -0.39 is 0 Å². The number of halogens is 1. The first-order valence-corrected chi connectivity index (χ1v) is 6.46. The van der Waals surface area contributed by atoms with Crippen LogP contribution in [0.15, 0.2) is 28.8 Å². The van der Waals surface area contributed by atoms with Gasteiger partial charge in [-0.2, -0.15) is 0 Å². The second-order valence-corrected chi connectivity index (χ2v) is 4.66. The molecule has 0 aliphatic carbocycles. The van der Waals surface area contributed by atoms with Gasteiger partial charge in [-0.05, 0) is 32.0 Å². The second kappa shape index (κ2) is 5.55. The van der Waals surface area contributed by atoms with Gasteiger partial charge in [-0.3, -0.25) is 0 Å². The minimum Gasteiger partial charge on any atom is -0.439 e. The fraction of sp³-hybridized carbons (Fsp3) is 0.357. The molecule has 0 aliphatic heterocycles. The fourth-order valence-electron chi connectivity index (χ4n) is 1.88. The summed E-state index contributed by atoms with van der Waals surface area (Å²) < 4.78 is 5.79. The molecular formula is C14H17ClN2O. The molecule has 0 amide bonds. The lowest BCUT2D eigenvalue weighted by Gasteiger charge is -2.07. The van der Waals surface area contributed by atoms with Gasteiger partial charge in [-0.25, -0.2) is 4.98 Å². The van der Waals surface area contributed by atoms with Gasteiger partial charge >= 0.3 is 0 Å². The Morgan fingerprint density at radius 2 is 2.22 bits per heavy atom. The van der Waals surface area contributed by atoms with E-state index in [1.54, 1.807) is 6.20 Å². The summed E-state index contributed by atoms with van der Waals surface area (Å²) in [5.41, 5.74) is 2.00. The summed E-state index contributed by atoms with van der Waals surface area (Å²) in [7, 11) is 0. The second-order valence-electron chi connectivity index (χ2n) is 4.25. The highest BCUT2D eigenvalue weighted by atomic mass is 35.5. The van der Waals surface area contributed by atoms with Crippen LogP contribution in [0.25, 0.3) is 11.3 Å². The number of benzene rings is 1. The van der Waals surface area contributed by atoms with Crippen LogP contribution in [0.1, 0.15) is 31.3 Å². The lowest BCUT2D eigenvalue weighted by Crippen LogP contribution is -2.17. The van der Waals surface area contributed by atoms with Crippen LogP contribution in [0.5, 0.6) is 0 Å². The highest BCUT2D eigenvalue weighted by Crippen LogP contribution is 2.29. The number of hydrogen-bond donors (Lipinski definition) is 1. The van der Waals surface area contributed by atoms with Crippen LogP contribution in [-0.4, -0.2) is 11.5 Å². The fourth-order valence-corrected chi connectivity index (χ4v) is 2.05. The maximum Gasteiger partial charge on any atom is 0.211 e. The van der Waals surface area contributed by atoms with E-state index in [9.17, 15) is 0 Å². The van der Waals surface area contributed by atoms with Crippen LogP contribution in [0.4, 0.5) is 0 Å². The van der Waals surface area contributed by atoms with E-state index in [1.165, 1.54) is 0 Å². The molecule has 0 aliphatic rings. The molecule has 0 saturated heterocycles. The molecule has 1 N–H and O–H groups in total. The van der Waals surface area contributed by atoms with Crippen molar-refractivity contribution in [2.24, 2.45) is 0 Å². The summed E-state index contributed by atoms with van der Waals surface area (Å²) in [6, 6.07) is 5.89. The predicted octanol–water partition coefficient (Wildman–Crippen LogP) is 3.97. The molecule has 0 saturated carbocycles. The Kier molecular flexibility index (Phi) is 4.04. The highest BCUT2D eigenvalue weighted by molar-refractivity contribution is 6.31. The maximum atomic E-state index is 6.11. The van der Waals surface area contributed by atoms with Crippen molar-refractivity contribution in [2.75, 3.05) is 6.54 Å². The summed E-state index contributed by atoms with van der Waals surface area (Å²) in [5.74, 6) is 1.46. The topological polar surface area (TPSA) is 38.1 Å². The number of oxazole rings is 1. The zero-order valence-corrected chi connectivity index (χ0v) is 11.6. The van der Waals surface area contributed by atoms with Gasteiger partial charge in [0.15, 0.2) is 5.76 Å². The van der Waals surface area contributed by atoms with E-state index in [4.69, 9.17) is 16.0 Å². The largest absolute Gasteiger partial charge is 0.439 e. The molecule has 0 bridgehead atoms. The third-order valence-corrected chi connectivity index (χ3v) is 3.35. The summed E-state index contributed by atoms with van der Waals surface area (Å²) in [4.78, 5) is 4.31. The van der Waals surface area contributed by atoms with Gasteiger partial charge in [0.1, 0.15) is 0 Å². The van der Waals surface area contributed by atoms with E-state index in [1.807, 2.05) is 32.0 Å².